The van der Waals surface area contributed by atoms with Gasteiger partial charge in [0.05, 0.1) is 19.8 Å². The van der Waals surface area contributed by atoms with Gasteiger partial charge < -0.3 is 19.5 Å². The fourth-order valence-corrected chi connectivity index (χ4v) is 5.72. The number of rotatable bonds is 8. The second-order valence-corrected chi connectivity index (χ2v) is 10.6. The Labute approximate surface area is 226 Å². The van der Waals surface area contributed by atoms with E-state index in [4.69, 9.17) is 14.2 Å². The van der Waals surface area contributed by atoms with Gasteiger partial charge in [0.2, 0.25) is 0 Å². The predicted molar refractivity (Wildman–Crippen MR) is 151 cm³/mol. The Bertz CT molecular complexity index is 1160. The Kier molecular flexibility index (Phi) is 8.82. The number of piperidine rings is 1. The van der Waals surface area contributed by atoms with Gasteiger partial charge in [-0.2, -0.15) is 0 Å². The van der Waals surface area contributed by atoms with Crippen LogP contribution in [-0.2, 0) is 9.53 Å². The minimum absolute atomic E-state index is 0.0556. The Balaban J connectivity index is 1.26. The van der Waals surface area contributed by atoms with Crippen LogP contribution in [0, 0.1) is 6.92 Å². The fourth-order valence-electron chi connectivity index (χ4n) is 5.72. The van der Waals surface area contributed by atoms with Crippen LogP contribution in [0.1, 0.15) is 55.6 Å². The molecule has 0 saturated carbocycles. The highest BCUT2D eigenvalue weighted by Gasteiger charge is 2.29. The number of aryl methyl sites for hydroxylation is 1. The predicted octanol–water partition coefficient (Wildman–Crippen LogP) is 6.03. The summed E-state index contributed by atoms with van der Waals surface area (Å²) in [4.78, 5) is 15.9. The molecule has 2 aromatic rings. The Hall–Kier alpha value is -3.09. The van der Waals surface area contributed by atoms with Gasteiger partial charge in [-0.05, 0) is 69.0 Å². The fraction of sp³-hybridized carbons (Fsp3) is 0.469. The topological polar surface area (TPSA) is 60.0 Å². The number of ether oxygens (including phenoxy) is 3. The molecule has 0 bridgehead atoms. The number of hydrogen-bond acceptors (Lipinski definition) is 5. The SMILES string of the molecule is COc1ccc(NC(=O)C2=C3CCC(c4ccc(C)cc4)C=CC3OCC2)cc1OCCN1CCCCC1. The Morgan fingerprint density at radius 1 is 1.03 bits per heavy atom. The van der Waals surface area contributed by atoms with Crippen LogP contribution >= 0.6 is 0 Å². The van der Waals surface area contributed by atoms with Crippen molar-refractivity contribution in [2.45, 2.75) is 57.5 Å². The third-order valence-corrected chi connectivity index (χ3v) is 7.94. The number of amides is 1. The lowest BCUT2D eigenvalue weighted by atomic mass is 9.90. The minimum Gasteiger partial charge on any atom is -0.493 e. The van der Waals surface area contributed by atoms with Crippen molar-refractivity contribution in [2.24, 2.45) is 0 Å². The van der Waals surface area contributed by atoms with Crippen molar-refractivity contribution >= 4 is 11.6 Å². The van der Waals surface area contributed by atoms with E-state index in [1.807, 2.05) is 18.2 Å². The van der Waals surface area contributed by atoms with Crippen LogP contribution in [0.2, 0.25) is 0 Å². The molecular formula is C32H40N2O4. The Morgan fingerprint density at radius 2 is 1.84 bits per heavy atom. The van der Waals surface area contributed by atoms with E-state index in [9.17, 15) is 4.79 Å². The summed E-state index contributed by atoms with van der Waals surface area (Å²) < 4.78 is 17.7. The van der Waals surface area contributed by atoms with Gasteiger partial charge >= 0.3 is 0 Å². The molecule has 1 saturated heterocycles. The molecule has 5 rings (SSSR count). The molecule has 2 heterocycles. The number of nitrogens with one attached hydrogen (secondary N) is 1. The monoisotopic (exact) mass is 516 g/mol. The third kappa shape index (κ3) is 6.48. The summed E-state index contributed by atoms with van der Waals surface area (Å²) in [6.45, 7) is 6.42. The van der Waals surface area contributed by atoms with Crippen LogP contribution in [0.4, 0.5) is 5.69 Å². The van der Waals surface area contributed by atoms with Crippen LogP contribution in [0.25, 0.3) is 0 Å². The van der Waals surface area contributed by atoms with Gasteiger partial charge in [-0.15, -0.1) is 0 Å². The maximum Gasteiger partial charge on any atom is 0.251 e. The van der Waals surface area contributed by atoms with Crippen molar-refractivity contribution in [3.8, 4) is 11.5 Å². The maximum atomic E-state index is 13.5. The Morgan fingerprint density at radius 3 is 2.63 bits per heavy atom. The van der Waals surface area contributed by atoms with E-state index in [2.05, 4.69) is 53.6 Å². The molecule has 2 unspecified atom stereocenters. The van der Waals surface area contributed by atoms with E-state index in [0.717, 1.165) is 43.6 Å². The second-order valence-electron chi connectivity index (χ2n) is 10.6. The molecule has 0 spiro atoms. The number of anilines is 1. The van der Waals surface area contributed by atoms with Gasteiger partial charge in [-0.25, -0.2) is 0 Å². The molecule has 1 aliphatic carbocycles. The molecule has 202 valence electrons. The number of likely N-dealkylation sites (tertiary alicyclic amines) is 1. The summed E-state index contributed by atoms with van der Waals surface area (Å²) >= 11 is 0. The molecule has 1 fully saturated rings. The number of benzene rings is 2. The minimum atomic E-state index is -0.135. The number of fused-ring (bicyclic) bond motifs is 1. The molecule has 6 nitrogen and oxygen atoms in total. The summed E-state index contributed by atoms with van der Waals surface area (Å²) in [6.07, 6.45) is 10.5. The van der Waals surface area contributed by atoms with Gasteiger partial charge in [0.1, 0.15) is 6.61 Å². The van der Waals surface area contributed by atoms with Crippen LogP contribution in [0.15, 0.2) is 65.8 Å². The second kappa shape index (κ2) is 12.6. The standard InChI is InChI=1S/C32H40N2O4/c1-23-6-8-24(9-7-23)25-10-13-27-28(16-20-37-29(27)14-11-25)32(35)33-26-12-15-30(36-2)31(22-26)38-21-19-34-17-4-3-5-18-34/h6-9,11-12,14-15,22,25,29H,3-5,10,13,16-21H2,1-2H3,(H,33,35). The molecule has 3 aliphatic rings. The zero-order valence-electron chi connectivity index (χ0n) is 22.7. The van der Waals surface area contributed by atoms with Crippen molar-refractivity contribution in [3.63, 3.8) is 0 Å². The highest BCUT2D eigenvalue weighted by Crippen LogP contribution is 2.36. The third-order valence-electron chi connectivity index (χ3n) is 7.94. The van der Waals surface area contributed by atoms with Crippen molar-refractivity contribution in [1.82, 2.24) is 4.90 Å². The van der Waals surface area contributed by atoms with Gasteiger partial charge in [0.15, 0.2) is 11.5 Å². The summed E-state index contributed by atoms with van der Waals surface area (Å²) in [7, 11) is 1.64. The molecule has 2 atom stereocenters. The number of carbonyl (C=O) groups is 1. The van der Waals surface area contributed by atoms with Crippen LogP contribution in [0.5, 0.6) is 11.5 Å². The number of methoxy groups -OCH3 is 1. The summed E-state index contributed by atoms with van der Waals surface area (Å²) in [5.74, 6) is 1.60. The van der Waals surface area contributed by atoms with E-state index < -0.39 is 0 Å². The number of carbonyl (C=O) groups excluding carboxylic acids is 1. The first-order chi connectivity index (χ1) is 18.6. The van der Waals surface area contributed by atoms with Gasteiger partial charge in [-0.3, -0.25) is 9.69 Å². The molecule has 6 heteroatoms. The van der Waals surface area contributed by atoms with E-state index in [-0.39, 0.29) is 12.0 Å². The first kappa shape index (κ1) is 26.5. The molecule has 2 aromatic carbocycles. The van der Waals surface area contributed by atoms with Crippen molar-refractivity contribution < 1.29 is 19.0 Å². The molecule has 0 aromatic heterocycles. The average Bonchev–Trinajstić information content (AvgIpc) is 3.17. The lowest BCUT2D eigenvalue weighted by Crippen LogP contribution is -2.33. The molecule has 0 radical (unpaired) electrons. The normalized spacial score (nSPS) is 21.9. The van der Waals surface area contributed by atoms with Crippen molar-refractivity contribution in [2.75, 3.05) is 45.3 Å². The molecule has 1 N–H and O–H groups in total. The molecule has 1 amide bonds. The van der Waals surface area contributed by atoms with E-state index >= 15 is 0 Å². The highest BCUT2D eigenvalue weighted by molar-refractivity contribution is 6.04. The largest absolute Gasteiger partial charge is 0.493 e. The maximum absolute atomic E-state index is 13.5. The first-order valence-electron chi connectivity index (χ1n) is 14.0. The number of nitrogens with zero attached hydrogens (tertiary/aromatic N) is 1. The zero-order valence-corrected chi connectivity index (χ0v) is 22.7. The van der Waals surface area contributed by atoms with Crippen LogP contribution in [-0.4, -0.2) is 56.9 Å². The molecular weight excluding hydrogens is 476 g/mol. The van der Waals surface area contributed by atoms with Gasteiger partial charge in [-0.1, -0.05) is 48.4 Å². The van der Waals surface area contributed by atoms with Crippen LogP contribution in [0.3, 0.4) is 0 Å². The lowest BCUT2D eigenvalue weighted by Gasteiger charge is -2.26. The van der Waals surface area contributed by atoms with E-state index in [1.54, 1.807) is 7.11 Å². The smallest absolute Gasteiger partial charge is 0.251 e. The van der Waals surface area contributed by atoms with Crippen LogP contribution < -0.4 is 14.8 Å². The van der Waals surface area contributed by atoms with E-state index in [0.29, 0.717) is 42.7 Å². The summed E-state index contributed by atoms with van der Waals surface area (Å²) in [6, 6.07) is 14.3. The van der Waals surface area contributed by atoms with Gasteiger partial charge in [0, 0.05) is 36.2 Å². The summed E-state index contributed by atoms with van der Waals surface area (Å²) in [5.41, 5.74) is 5.23. The average molecular weight is 517 g/mol. The lowest BCUT2D eigenvalue weighted by molar-refractivity contribution is -0.113. The first-order valence-corrected chi connectivity index (χ1v) is 14.0. The highest BCUT2D eigenvalue weighted by atomic mass is 16.5. The molecule has 2 aliphatic heterocycles. The number of allylic oxidation sites excluding steroid dienone is 1. The summed E-state index contributed by atoms with van der Waals surface area (Å²) in [5, 5.41) is 3.12. The van der Waals surface area contributed by atoms with E-state index in [1.165, 1.54) is 30.4 Å². The number of hydrogen-bond donors (Lipinski definition) is 1. The van der Waals surface area contributed by atoms with Crippen molar-refractivity contribution in [1.29, 1.82) is 0 Å². The van der Waals surface area contributed by atoms with Gasteiger partial charge in [0.25, 0.3) is 5.91 Å². The quantitative estimate of drug-likeness (QED) is 0.435. The van der Waals surface area contributed by atoms with Crippen molar-refractivity contribution in [3.05, 3.63) is 76.9 Å². The molecule has 38 heavy (non-hydrogen) atoms. The zero-order chi connectivity index (χ0) is 26.3.